The summed E-state index contributed by atoms with van der Waals surface area (Å²) in [4.78, 5) is 30.1. The van der Waals surface area contributed by atoms with Crippen LogP contribution in [0.2, 0.25) is 5.02 Å². The van der Waals surface area contributed by atoms with Gasteiger partial charge < -0.3 is 14.6 Å². The number of halogens is 1. The molecule has 1 aromatic carbocycles. The Balaban J connectivity index is 1.88. The van der Waals surface area contributed by atoms with Crippen molar-refractivity contribution in [3.8, 4) is 0 Å². The Labute approximate surface area is 143 Å². The molecule has 7 heteroatoms. The minimum absolute atomic E-state index is 0.165. The van der Waals surface area contributed by atoms with Crippen molar-refractivity contribution in [2.45, 2.75) is 0 Å². The fourth-order valence-corrected chi connectivity index (χ4v) is 2.43. The predicted molar refractivity (Wildman–Crippen MR) is 92.6 cm³/mol. The molecule has 0 saturated heterocycles. The maximum absolute atomic E-state index is 12.4. The number of nitrogens with zero attached hydrogens (tertiary/aromatic N) is 3. The molecule has 122 valence electrons. The second kappa shape index (κ2) is 6.33. The first-order valence-corrected chi connectivity index (χ1v) is 7.59. The van der Waals surface area contributed by atoms with Gasteiger partial charge in [0.2, 0.25) is 0 Å². The highest BCUT2D eigenvalue weighted by atomic mass is 35.5. The minimum atomic E-state index is -0.318. The number of amides is 2. The average molecular weight is 343 g/mol. The van der Waals surface area contributed by atoms with Crippen molar-refractivity contribution in [2.75, 3.05) is 19.4 Å². The summed E-state index contributed by atoms with van der Waals surface area (Å²) in [6.07, 6.45) is 5.10. The van der Waals surface area contributed by atoms with Gasteiger partial charge in [0.15, 0.2) is 0 Å². The summed E-state index contributed by atoms with van der Waals surface area (Å²) in [5.41, 5.74) is 2.05. The maximum atomic E-state index is 12.4. The normalized spacial score (nSPS) is 10.6. The van der Waals surface area contributed by atoms with Crippen LogP contribution in [-0.2, 0) is 0 Å². The third-order valence-electron chi connectivity index (χ3n) is 3.52. The first kappa shape index (κ1) is 16.0. The number of imidazole rings is 1. The van der Waals surface area contributed by atoms with Crippen molar-refractivity contribution in [3.63, 3.8) is 0 Å². The number of fused-ring (bicyclic) bond motifs is 1. The lowest BCUT2D eigenvalue weighted by Crippen LogP contribution is -2.22. The van der Waals surface area contributed by atoms with Gasteiger partial charge in [-0.25, -0.2) is 4.98 Å². The molecular weight excluding hydrogens is 328 g/mol. The van der Waals surface area contributed by atoms with Gasteiger partial charge in [-0.15, -0.1) is 0 Å². The van der Waals surface area contributed by atoms with Gasteiger partial charge in [0.1, 0.15) is 5.65 Å². The molecule has 0 saturated carbocycles. The average Bonchev–Trinajstić information content (AvgIpc) is 3.03. The van der Waals surface area contributed by atoms with Crippen molar-refractivity contribution in [1.29, 1.82) is 0 Å². The number of carbonyl (C=O) groups is 2. The molecule has 0 aliphatic carbocycles. The molecule has 24 heavy (non-hydrogen) atoms. The van der Waals surface area contributed by atoms with Crippen LogP contribution < -0.4 is 5.32 Å². The summed E-state index contributed by atoms with van der Waals surface area (Å²) in [6.45, 7) is 0. The van der Waals surface area contributed by atoms with E-state index in [4.69, 9.17) is 11.6 Å². The molecule has 0 radical (unpaired) electrons. The van der Waals surface area contributed by atoms with Crippen LogP contribution in [0.1, 0.15) is 20.7 Å². The van der Waals surface area contributed by atoms with Crippen molar-refractivity contribution >= 4 is 34.7 Å². The van der Waals surface area contributed by atoms with E-state index in [1.165, 1.54) is 4.90 Å². The Morgan fingerprint density at radius 1 is 1.17 bits per heavy atom. The summed E-state index contributed by atoms with van der Waals surface area (Å²) < 4.78 is 1.75. The fourth-order valence-electron chi connectivity index (χ4n) is 2.26. The zero-order valence-electron chi connectivity index (χ0n) is 13.2. The number of carbonyl (C=O) groups excluding carboxylic acids is 2. The molecule has 3 aromatic rings. The van der Waals surface area contributed by atoms with Gasteiger partial charge in [-0.05, 0) is 30.3 Å². The Hall–Kier alpha value is -2.86. The van der Waals surface area contributed by atoms with Gasteiger partial charge in [0.05, 0.1) is 16.3 Å². The number of benzene rings is 1. The van der Waals surface area contributed by atoms with E-state index in [9.17, 15) is 9.59 Å². The van der Waals surface area contributed by atoms with Crippen LogP contribution in [0.4, 0.5) is 5.69 Å². The summed E-state index contributed by atoms with van der Waals surface area (Å²) >= 11 is 6.13. The summed E-state index contributed by atoms with van der Waals surface area (Å²) in [5.74, 6) is -0.482. The van der Waals surface area contributed by atoms with Gasteiger partial charge in [0.25, 0.3) is 11.8 Å². The molecule has 6 nitrogen and oxygen atoms in total. The molecule has 0 spiro atoms. The highest BCUT2D eigenvalue weighted by molar-refractivity contribution is 6.34. The summed E-state index contributed by atoms with van der Waals surface area (Å²) in [6, 6.07) is 8.21. The first-order valence-electron chi connectivity index (χ1n) is 7.21. The summed E-state index contributed by atoms with van der Waals surface area (Å²) in [5, 5.41) is 3.11. The molecule has 2 aromatic heterocycles. The standard InChI is InChI=1S/C17H15ClN4O2/c1-21(2)17(24)11-3-5-13(18)14(9-11)20-16(23)12-4-6-15-19-7-8-22(15)10-12/h3-10H,1-2H3,(H,20,23). The molecule has 0 atom stereocenters. The Morgan fingerprint density at radius 2 is 1.92 bits per heavy atom. The SMILES string of the molecule is CN(C)C(=O)c1ccc(Cl)c(NC(=O)c2ccc3nccn3c2)c1. The van der Waals surface area contributed by atoms with E-state index >= 15 is 0 Å². The van der Waals surface area contributed by atoms with Crippen LogP contribution >= 0.6 is 11.6 Å². The lowest BCUT2D eigenvalue weighted by atomic mass is 10.1. The fraction of sp³-hybridized carbons (Fsp3) is 0.118. The lowest BCUT2D eigenvalue weighted by molar-refractivity contribution is 0.0827. The smallest absolute Gasteiger partial charge is 0.257 e. The third kappa shape index (κ3) is 3.09. The Bertz CT molecular complexity index is 933. The maximum Gasteiger partial charge on any atom is 0.257 e. The number of rotatable bonds is 3. The van der Waals surface area contributed by atoms with E-state index in [2.05, 4.69) is 10.3 Å². The second-order valence-corrected chi connectivity index (χ2v) is 5.87. The molecule has 2 amide bonds. The Morgan fingerprint density at radius 3 is 2.67 bits per heavy atom. The van der Waals surface area contributed by atoms with Crippen LogP contribution in [-0.4, -0.2) is 40.2 Å². The largest absolute Gasteiger partial charge is 0.345 e. The van der Waals surface area contributed by atoms with E-state index in [0.29, 0.717) is 21.8 Å². The van der Waals surface area contributed by atoms with Crippen LogP contribution in [0.5, 0.6) is 0 Å². The van der Waals surface area contributed by atoms with Crippen LogP contribution in [0.15, 0.2) is 48.9 Å². The predicted octanol–water partition coefficient (Wildman–Crippen LogP) is 2.94. The number of nitrogens with one attached hydrogen (secondary N) is 1. The number of hydrogen-bond donors (Lipinski definition) is 1. The van der Waals surface area contributed by atoms with Crippen molar-refractivity contribution < 1.29 is 9.59 Å². The molecule has 0 aliphatic rings. The van der Waals surface area contributed by atoms with Crippen LogP contribution in [0, 0.1) is 0 Å². The first-order chi connectivity index (χ1) is 11.5. The summed E-state index contributed by atoms with van der Waals surface area (Å²) in [7, 11) is 3.32. The number of aromatic nitrogens is 2. The minimum Gasteiger partial charge on any atom is -0.345 e. The number of anilines is 1. The molecule has 0 fully saturated rings. The van der Waals surface area contributed by atoms with Gasteiger partial charge in [-0.3, -0.25) is 9.59 Å². The topological polar surface area (TPSA) is 66.7 Å². The quantitative estimate of drug-likeness (QED) is 0.795. The monoisotopic (exact) mass is 342 g/mol. The van der Waals surface area contributed by atoms with Crippen molar-refractivity contribution in [1.82, 2.24) is 14.3 Å². The lowest BCUT2D eigenvalue weighted by Gasteiger charge is -2.13. The Kier molecular flexibility index (Phi) is 4.22. The molecular formula is C17H15ClN4O2. The highest BCUT2D eigenvalue weighted by Gasteiger charge is 2.14. The van der Waals surface area contributed by atoms with E-state index in [1.54, 1.807) is 67.4 Å². The van der Waals surface area contributed by atoms with Gasteiger partial charge >= 0.3 is 0 Å². The molecule has 0 aliphatic heterocycles. The van der Waals surface area contributed by atoms with Gasteiger partial charge in [-0.1, -0.05) is 11.6 Å². The third-order valence-corrected chi connectivity index (χ3v) is 3.85. The molecule has 0 unspecified atom stereocenters. The van der Waals surface area contributed by atoms with E-state index < -0.39 is 0 Å². The molecule has 0 bridgehead atoms. The van der Waals surface area contributed by atoms with Crippen molar-refractivity contribution in [3.05, 3.63) is 65.1 Å². The van der Waals surface area contributed by atoms with Gasteiger partial charge in [0, 0.05) is 38.2 Å². The number of hydrogen-bond acceptors (Lipinski definition) is 3. The number of pyridine rings is 1. The molecule has 3 rings (SSSR count). The van der Waals surface area contributed by atoms with Crippen LogP contribution in [0.25, 0.3) is 5.65 Å². The van der Waals surface area contributed by atoms with E-state index in [-0.39, 0.29) is 11.8 Å². The van der Waals surface area contributed by atoms with Crippen LogP contribution in [0.3, 0.4) is 0 Å². The molecule has 2 heterocycles. The van der Waals surface area contributed by atoms with E-state index in [1.807, 2.05) is 0 Å². The second-order valence-electron chi connectivity index (χ2n) is 5.46. The zero-order chi connectivity index (χ0) is 17.3. The molecule has 1 N–H and O–H groups in total. The zero-order valence-corrected chi connectivity index (χ0v) is 13.9. The highest BCUT2D eigenvalue weighted by Crippen LogP contribution is 2.24. The van der Waals surface area contributed by atoms with Crippen molar-refractivity contribution in [2.24, 2.45) is 0 Å². The van der Waals surface area contributed by atoms with Gasteiger partial charge in [-0.2, -0.15) is 0 Å². The van der Waals surface area contributed by atoms with E-state index in [0.717, 1.165) is 5.65 Å².